The number of ether oxygens (including phenoxy) is 2. The summed E-state index contributed by atoms with van der Waals surface area (Å²) in [6.07, 6.45) is 0. The highest BCUT2D eigenvalue weighted by Crippen LogP contribution is 2.24. The van der Waals surface area contributed by atoms with E-state index in [1.54, 1.807) is 6.07 Å². The molecule has 0 saturated heterocycles. The predicted octanol–water partition coefficient (Wildman–Crippen LogP) is 2.27. The maximum absolute atomic E-state index is 12.1. The molecule has 5 nitrogen and oxygen atoms in total. The van der Waals surface area contributed by atoms with Crippen molar-refractivity contribution < 1.29 is 9.47 Å². The highest BCUT2D eigenvalue weighted by Gasteiger charge is 2.14. The third kappa shape index (κ3) is 2.69. The van der Waals surface area contributed by atoms with Gasteiger partial charge in [0.1, 0.15) is 0 Å². The molecule has 0 aliphatic carbocycles. The van der Waals surface area contributed by atoms with Crippen molar-refractivity contribution in [3.63, 3.8) is 0 Å². The molecule has 2 aromatic rings. The van der Waals surface area contributed by atoms with Gasteiger partial charge in [-0.1, -0.05) is 34.1 Å². The second-order valence-corrected chi connectivity index (χ2v) is 4.43. The van der Waals surface area contributed by atoms with Crippen LogP contribution in [0, 0.1) is 5.41 Å². The van der Waals surface area contributed by atoms with Crippen molar-refractivity contribution in [2.24, 2.45) is 0 Å². The number of rotatable bonds is 5. The molecule has 1 aromatic heterocycles. The molecule has 0 bridgehead atoms. The molecule has 0 radical (unpaired) electrons. The summed E-state index contributed by atoms with van der Waals surface area (Å²) < 4.78 is 10.2. The van der Waals surface area contributed by atoms with Crippen molar-refractivity contribution in [1.29, 1.82) is 5.41 Å². The second-order valence-electron chi connectivity index (χ2n) is 3.87. The number of nitrogens with one attached hydrogen (secondary N) is 2. The summed E-state index contributed by atoms with van der Waals surface area (Å²) in [6, 6.07) is 7.31. The molecule has 2 N–H and O–H groups in total. The number of halogens is 1. The molecular formula is C13H13BrN2O3. The van der Waals surface area contributed by atoms with Gasteiger partial charge in [-0.05, 0) is 6.07 Å². The summed E-state index contributed by atoms with van der Waals surface area (Å²) in [5, 5.41) is 9.64. The molecule has 0 unspecified atom stereocenters. The quantitative estimate of drug-likeness (QED) is 0.503. The van der Waals surface area contributed by atoms with Gasteiger partial charge in [0.15, 0.2) is 6.79 Å². The van der Waals surface area contributed by atoms with Crippen LogP contribution in [0.15, 0.2) is 29.1 Å². The lowest BCUT2D eigenvalue weighted by Crippen LogP contribution is -2.20. The maximum atomic E-state index is 12.1. The first-order valence-electron chi connectivity index (χ1n) is 5.59. The Bertz CT molecular complexity index is 666. The topological polar surface area (TPSA) is 75.2 Å². The zero-order valence-electron chi connectivity index (χ0n) is 10.3. The van der Waals surface area contributed by atoms with Crippen molar-refractivity contribution in [3.05, 3.63) is 40.2 Å². The lowest BCUT2D eigenvalue weighted by atomic mass is 10.0. The minimum atomic E-state index is -0.339. The van der Waals surface area contributed by atoms with E-state index in [0.29, 0.717) is 22.2 Å². The van der Waals surface area contributed by atoms with E-state index in [2.05, 4.69) is 20.9 Å². The summed E-state index contributed by atoms with van der Waals surface area (Å²) >= 11 is 3.20. The molecular weight excluding hydrogens is 312 g/mol. The number of H-pyrrole nitrogens is 1. The average Bonchev–Trinajstić information content (AvgIpc) is 2.44. The smallest absolute Gasteiger partial charge is 0.260 e. The summed E-state index contributed by atoms with van der Waals surface area (Å²) in [7, 11) is 1.51. The van der Waals surface area contributed by atoms with Gasteiger partial charge in [0.05, 0.1) is 11.3 Å². The van der Waals surface area contributed by atoms with Crippen LogP contribution in [0.1, 0.15) is 5.56 Å². The molecule has 1 heterocycles. The van der Waals surface area contributed by atoms with E-state index >= 15 is 0 Å². The summed E-state index contributed by atoms with van der Waals surface area (Å²) in [6.45, 7) is 0.0508. The Morgan fingerprint density at radius 2 is 2.05 bits per heavy atom. The normalized spacial score (nSPS) is 10.6. The molecule has 0 amide bonds. The highest BCUT2D eigenvalue weighted by molar-refractivity contribution is 9.09. The minimum absolute atomic E-state index is 0.0508. The molecule has 19 heavy (non-hydrogen) atoms. The van der Waals surface area contributed by atoms with Gasteiger partial charge in [0, 0.05) is 23.2 Å². The first kappa shape index (κ1) is 13.8. The van der Waals surface area contributed by atoms with Gasteiger partial charge in [-0.2, -0.15) is 0 Å². The van der Waals surface area contributed by atoms with E-state index in [1.807, 2.05) is 18.2 Å². The SMILES string of the molecule is COCOc1[nH]c(=O)c(C(=N)CBr)c2ccccc12. The fourth-order valence-electron chi connectivity index (χ4n) is 1.85. The molecule has 1 aromatic carbocycles. The summed E-state index contributed by atoms with van der Waals surface area (Å²) in [4.78, 5) is 14.7. The van der Waals surface area contributed by atoms with Gasteiger partial charge >= 0.3 is 0 Å². The molecule has 100 valence electrons. The van der Waals surface area contributed by atoms with Gasteiger partial charge in [-0.15, -0.1) is 0 Å². The number of hydrogen-bond acceptors (Lipinski definition) is 4. The Kier molecular flexibility index (Phi) is 4.34. The van der Waals surface area contributed by atoms with Crippen LogP contribution < -0.4 is 10.3 Å². The fraction of sp³-hybridized carbons (Fsp3) is 0.231. The first-order chi connectivity index (χ1) is 9.19. The fourth-order valence-corrected chi connectivity index (χ4v) is 2.13. The van der Waals surface area contributed by atoms with Gasteiger partial charge in [0.2, 0.25) is 5.88 Å². The number of aromatic nitrogens is 1. The predicted molar refractivity (Wildman–Crippen MR) is 77.7 cm³/mol. The molecule has 0 fully saturated rings. The number of fused-ring (bicyclic) bond motifs is 1. The van der Waals surface area contributed by atoms with E-state index in [-0.39, 0.29) is 18.1 Å². The standard InChI is InChI=1S/C13H13BrN2O3/c1-18-7-19-13-9-5-3-2-4-8(9)11(10(15)6-14)12(17)16-13/h2-5,15H,6-7H2,1H3,(H,16,17). The largest absolute Gasteiger partial charge is 0.452 e. The van der Waals surface area contributed by atoms with Gasteiger partial charge < -0.3 is 14.9 Å². The van der Waals surface area contributed by atoms with Crippen LogP contribution in [-0.4, -0.2) is 29.9 Å². The van der Waals surface area contributed by atoms with Crippen LogP contribution in [-0.2, 0) is 4.74 Å². The van der Waals surface area contributed by atoms with Crippen LogP contribution in [0.2, 0.25) is 0 Å². The number of alkyl halides is 1. The summed E-state index contributed by atoms with van der Waals surface area (Å²) in [5.41, 5.74) is 0.252. The van der Waals surface area contributed by atoms with Crippen molar-refractivity contribution in [2.75, 3.05) is 19.2 Å². The van der Waals surface area contributed by atoms with E-state index in [0.717, 1.165) is 5.39 Å². The number of benzene rings is 1. The van der Waals surface area contributed by atoms with Crippen LogP contribution in [0.5, 0.6) is 5.88 Å². The summed E-state index contributed by atoms with van der Waals surface area (Å²) in [5.74, 6) is 0.355. The van der Waals surface area contributed by atoms with Gasteiger partial charge in [-0.3, -0.25) is 9.78 Å². The molecule has 0 aliphatic rings. The average molecular weight is 325 g/mol. The molecule has 0 aliphatic heterocycles. The van der Waals surface area contributed by atoms with Crippen molar-refractivity contribution in [1.82, 2.24) is 4.98 Å². The van der Waals surface area contributed by atoms with Crippen molar-refractivity contribution in [2.45, 2.75) is 0 Å². The van der Waals surface area contributed by atoms with E-state index in [9.17, 15) is 4.79 Å². The van der Waals surface area contributed by atoms with Crippen LogP contribution in [0.25, 0.3) is 10.8 Å². The number of hydrogen-bond donors (Lipinski definition) is 2. The third-order valence-electron chi connectivity index (χ3n) is 2.65. The van der Waals surface area contributed by atoms with E-state index in [4.69, 9.17) is 14.9 Å². The minimum Gasteiger partial charge on any atom is -0.452 e. The Labute approximate surface area is 118 Å². The number of methoxy groups -OCH3 is 1. The van der Waals surface area contributed by atoms with Crippen LogP contribution in [0.3, 0.4) is 0 Å². The number of pyridine rings is 1. The van der Waals surface area contributed by atoms with Crippen molar-refractivity contribution in [3.8, 4) is 5.88 Å². The highest BCUT2D eigenvalue weighted by atomic mass is 79.9. The lowest BCUT2D eigenvalue weighted by Gasteiger charge is -2.11. The first-order valence-corrected chi connectivity index (χ1v) is 6.71. The van der Waals surface area contributed by atoms with Crippen LogP contribution >= 0.6 is 15.9 Å². The third-order valence-corrected chi connectivity index (χ3v) is 3.21. The molecule has 6 heteroatoms. The molecule has 0 spiro atoms. The van der Waals surface area contributed by atoms with Crippen molar-refractivity contribution >= 4 is 32.4 Å². The van der Waals surface area contributed by atoms with Crippen LogP contribution in [0.4, 0.5) is 0 Å². The molecule has 0 saturated carbocycles. The Morgan fingerprint density at radius 3 is 2.68 bits per heavy atom. The number of aromatic amines is 1. The molecule has 2 rings (SSSR count). The maximum Gasteiger partial charge on any atom is 0.260 e. The Balaban J connectivity index is 2.70. The zero-order valence-corrected chi connectivity index (χ0v) is 11.9. The Morgan fingerprint density at radius 1 is 1.37 bits per heavy atom. The van der Waals surface area contributed by atoms with E-state index < -0.39 is 0 Å². The Hall–Kier alpha value is -1.66. The van der Waals surface area contributed by atoms with Gasteiger partial charge in [0.25, 0.3) is 5.56 Å². The second kappa shape index (κ2) is 5.99. The monoisotopic (exact) mass is 324 g/mol. The lowest BCUT2D eigenvalue weighted by molar-refractivity contribution is 0.0489. The van der Waals surface area contributed by atoms with Gasteiger partial charge in [-0.25, -0.2) is 0 Å². The zero-order chi connectivity index (χ0) is 13.8. The molecule has 0 atom stereocenters. The van der Waals surface area contributed by atoms with E-state index in [1.165, 1.54) is 7.11 Å².